The van der Waals surface area contributed by atoms with Crippen LogP contribution in [-0.2, 0) is 9.53 Å². The van der Waals surface area contributed by atoms with Crippen molar-refractivity contribution < 1.29 is 9.53 Å². The second-order valence-electron chi connectivity index (χ2n) is 7.22. The summed E-state index contributed by atoms with van der Waals surface area (Å²) in [5.41, 5.74) is 1.92. The summed E-state index contributed by atoms with van der Waals surface area (Å²) in [6, 6.07) is 2.09. The number of nitrogens with zero attached hydrogens (tertiary/aromatic N) is 4. The molecule has 4 rings (SSSR count). The van der Waals surface area contributed by atoms with Crippen molar-refractivity contribution in [3.63, 3.8) is 0 Å². The van der Waals surface area contributed by atoms with Gasteiger partial charge in [-0.25, -0.2) is 15.0 Å². The van der Waals surface area contributed by atoms with Gasteiger partial charge in [-0.3, -0.25) is 4.79 Å². The molecule has 0 radical (unpaired) electrons. The van der Waals surface area contributed by atoms with Crippen molar-refractivity contribution in [3.05, 3.63) is 23.0 Å². The van der Waals surface area contributed by atoms with Gasteiger partial charge in [0.1, 0.15) is 0 Å². The number of carbonyl (C=O) groups is 1. The fourth-order valence-corrected chi connectivity index (χ4v) is 4.62. The normalized spacial score (nSPS) is 20.8. The molecule has 2 saturated heterocycles. The summed E-state index contributed by atoms with van der Waals surface area (Å²) in [4.78, 5) is 29.4. The maximum Gasteiger partial charge on any atom is 0.225 e. The third-order valence-electron chi connectivity index (χ3n) is 5.19. The van der Waals surface area contributed by atoms with Crippen LogP contribution in [0.3, 0.4) is 0 Å². The van der Waals surface area contributed by atoms with Crippen LogP contribution in [-0.4, -0.2) is 53.2 Å². The van der Waals surface area contributed by atoms with Crippen LogP contribution in [0.4, 0.5) is 5.95 Å². The van der Waals surface area contributed by atoms with E-state index in [1.54, 1.807) is 17.5 Å². The summed E-state index contributed by atoms with van der Waals surface area (Å²) >= 11 is 1.66. The summed E-state index contributed by atoms with van der Waals surface area (Å²) in [6.45, 7) is 6.99. The zero-order valence-corrected chi connectivity index (χ0v) is 16.6. The molecule has 0 bridgehead atoms. The fourth-order valence-electron chi connectivity index (χ4n) is 3.73. The van der Waals surface area contributed by atoms with E-state index in [1.807, 2.05) is 19.9 Å². The Labute approximate surface area is 163 Å². The van der Waals surface area contributed by atoms with E-state index in [0.717, 1.165) is 59.6 Å². The molecule has 8 heteroatoms. The molecule has 0 aromatic carbocycles. The number of ether oxygens (including phenoxy) is 1. The van der Waals surface area contributed by atoms with E-state index in [2.05, 4.69) is 20.2 Å². The van der Waals surface area contributed by atoms with E-state index >= 15 is 0 Å². The molecule has 2 aliphatic heterocycles. The lowest BCUT2D eigenvalue weighted by Gasteiger charge is -2.23. The molecule has 2 aromatic heterocycles. The van der Waals surface area contributed by atoms with E-state index in [4.69, 9.17) is 9.72 Å². The van der Waals surface area contributed by atoms with Gasteiger partial charge < -0.3 is 15.0 Å². The van der Waals surface area contributed by atoms with Crippen molar-refractivity contribution in [3.8, 4) is 10.6 Å². The average Bonchev–Trinajstić information content (AvgIpc) is 3.28. The summed E-state index contributed by atoms with van der Waals surface area (Å²) < 4.78 is 5.34. The molecule has 0 aliphatic carbocycles. The first-order valence-electron chi connectivity index (χ1n) is 9.50. The Kier molecular flexibility index (Phi) is 5.36. The highest BCUT2D eigenvalue weighted by Gasteiger charge is 2.29. The summed E-state index contributed by atoms with van der Waals surface area (Å²) in [6.07, 6.45) is 4.36. The van der Waals surface area contributed by atoms with Crippen LogP contribution in [0.5, 0.6) is 0 Å². The van der Waals surface area contributed by atoms with Crippen LogP contribution in [0.1, 0.15) is 30.0 Å². The number of hydrogen-bond acceptors (Lipinski definition) is 7. The quantitative estimate of drug-likeness (QED) is 0.867. The zero-order valence-electron chi connectivity index (χ0n) is 15.8. The molecule has 2 fully saturated rings. The topological polar surface area (TPSA) is 80.2 Å². The number of anilines is 1. The Morgan fingerprint density at radius 3 is 2.81 bits per heavy atom. The van der Waals surface area contributed by atoms with Crippen molar-refractivity contribution in [1.29, 1.82) is 0 Å². The zero-order chi connectivity index (χ0) is 18.8. The van der Waals surface area contributed by atoms with Gasteiger partial charge in [0.25, 0.3) is 0 Å². The number of thiazole rings is 1. The van der Waals surface area contributed by atoms with Crippen molar-refractivity contribution >= 4 is 23.2 Å². The standard InChI is InChI=1S/C19H25N5O2S/c1-12-17(27-13(2)21-12)16-3-7-20-19(23-16)24-8-4-15(11-24)22-18(25)14-5-9-26-10-6-14/h3,7,14-15H,4-6,8-11H2,1-2H3,(H,22,25). The van der Waals surface area contributed by atoms with Gasteiger partial charge in [0, 0.05) is 44.5 Å². The lowest BCUT2D eigenvalue weighted by atomic mass is 9.99. The third-order valence-corrected chi connectivity index (χ3v) is 6.28. The molecular formula is C19H25N5O2S. The van der Waals surface area contributed by atoms with Crippen molar-refractivity contribution in [2.45, 2.75) is 39.2 Å². The summed E-state index contributed by atoms with van der Waals surface area (Å²) in [5.74, 6) is 0.973. The fraction of sp³-hybridized carbons (Fsp3) is 0.579. The van der Waals surface area contributed by atoms with Gasteiger partial charge in [-0.1, -0.05) is 0 Å². The minimum absolute atomic E-state index is 0.0879. The van der Waals surface area contributed by atoms with Crippen LogP contribution >= 0.6 is 11.3 Å². The van der Waals surface area contributed by atoms with Gasteiger partial charge in [0.05, 0.1) is 21.3 Å². The Bertz CT molecular complexity index is 818. The molecule has 27 heavy (non-hydrogen) atoms. The number of hydrogen-bond donors (Lipinski definition) is 1. The number of nitrogens with one attached hydrogen (secondary N) is 1. The average molecular weight is 388 g/mol. The van der Waals surface area contributed by atoms with E-state index in [-0.39, 0.29) is 17.9 Å². The minimum Gasteiger partial charge on any atom is -0.381 e. The largest absolute Gasteiger partial charge is 0.381 e. The number of aromatic nitrogens is 3. The van der Waals surface area contributed by atoms with Crippen LogP contribution in [0.15, 0.2) is 12.3 Å². The lowest BCUT2D eigenvalue weighted by molar-refractivity contribution is -0.128. The predicted octanol–water partition coefficient (Wildman–Crippen LogP) is 2.34. The third kappa shape index (κ3) is 4.11. The molecular weight excluding hydrogens is 362 g/mol. The van der Waals surface area contributed by atoms with Gasteiger partial charge in [-0.05, 0) is 39.2 Å². The van der Waals surface area contributed by atoms with Crippen molar-refractivity contribution in [1.82, 2.24) is 20.3 Å². The van der Waals surface area contributed by atoms with Gasteiger partial charge in [0.2, 0.25) is 11.9 Å². The van der Waals surface area contributed by atoms with Crippen LogP contribution in [0, 0.1) is 19.8 Å². The maximum atomic E-state index is 12.5. The van der Waals surface area contributed by atoms with E-state index in [9.17, 15) is 4.79 Å². The predicted molar refractivity (Wildman–Crippen MR) is 105 cm³/mol. The van der Waals surface area contributed by atoms with Gasteiger partial charge >= 0.3 is 0 Å². The molecule has 1 unspecified atom stereocenters. The molecule has 144 valence electrons. The summed E-state index contributed by atoms with van der Waals surface area (Å²) in [5, 5.41) is 4.25. The molecule has 2 aromatic rings. The molecule has 0 spiro atoms. The van der Waals surface area contributed by atoms with Crippen LogP contribution in [0.25, 0.3) is 10.6 Å². The Morgan fingerprint density at radius 1 is 1.26 bits per heavy atom. The van der Waals surface area contributed by atoms with Gasteiger partial charge in [-0.2, -0.15) is 0 Å². The summed E-state index contributed by atoms with van der Waals surface area (Å²) in [7, 11) is 0. The lowest BCUT2D eigenvalue weighted by Crippen LogP contribution is -2.42. The van der Waals surface area contributed by atoms with E-state index in [0.29, 0.717) is 13.2 Å². The molecule has 1 amide bonds. The molecule has 7 nitrogen and oxygen atoms in total. The van der Waals surface area contributed by atoms with Gasteiger partial charge in [-0.15, -0.1) is 11.3 Å². The first kappa shape index (κ1) is 18.3. The second kappa shape index (κ2) is 7.90. The SMILES string of the molecule is Cc1nc(C)c(-c2ccnc(N3CCC(NC(=O)C4CCOCC4)C3)n2)s1. The second-order valence-corrected chi connectivity index (χ2v) is 8.42. The van der Waals surface area contributed by atoms with E-state index in [1.165, 1.54) is 0 Å². The number of carbonyl (C=O) groups excluding carboxylic acids is 1. The molecule has 1 atom stereocenters. The molecule has 1 N–H and O–H groups in total. The highest BCUT2D eigenvalue weighted by atomic mass is 32.1. The highest BCUT2D eigenvalue weighted by Crippen LogP contribution is 2.29. The Hall–Kier alpha value is -2.06. The molecule has 0 saturated carbocycles. The van der Waals surface area contributed by atoms with Crippen LogP contribution < -0.4 is 10.2 Å². The molecule has 4 heterocycles. The number of rotatable bonds is 4. The van der Waals surface area contributed by atoms with E-state index < -0.39 is 0 Å². The Balaban J connectivity index is 1.41. The number of aryl methyl sites for hydroxylation is 2. The number of amides is 1. The first-order chi connectivity index (χ1) is 13.1. The van der Waals surface area contributed by atoms with Crippen molar-refractivity contribution in [2.24, 2.45) is 5.92 Å². The smallest absolute Gasteiger partial charge is 0.225 e. The first-order valence-corrected chi connectivity index (χ1v) is 10.3. The van der Waals surface area contributed by atoms with Crippen LogP contribution in [0.2, 0.25) is 0 Å². The van der Waals surface area contributed by atoms with Crippen molar-refractivity contribution in [2.75, 3.05) is 31.2 Å². The minimum atomic E-state index is 0.0879. The maximum absolute atomic E-state index is 12.5. The van der Waals surface area contributed by atoms with Gasteiger partial charge in [0.15, 0.2) is 0 Å². The Morgan fingerprint density at radius 2 is 2.07 bits per heavy atom. The monoisotopic (exact) mass is 387 g/mol. The highest BCUT2D eigenvalue weighted by molar-refractivity contribution is 7.15. The molecule has 2 aliphatic rings.